The van der Waals surface area contributed by atoms with E-state index in [1.807, 2.05) is 43.3 Å². The number of hydrogen-bond donors (Lipinski definition) is 1. The van der Waals surface area contributed by atoms with Crippen molar-refractivity contribution < 1.29 is 19.1 Å². The number of ether oxygens (including phenoxy) is 2. The minimum atomic E-state index is -0.765. The first-order valence-electron chi connectivity index (χ1n) is 11.1. The van der Waals surface area contributed by atoms with Gasteiger partial charge in [-0.25, -0.2) is 4.79 Å². The van der Waals surface area contributed by atoms with Crippen molar-refractivity contribution in [2.45, 2.75) is 45.4 Å². The molecule has 1 aliphatic heterocycles. The summed E-state index contributed by atoms with van der Waals surface area (Å²) < 4.78 is 12.4. The van der Waals surface area contributed by atoms with Crippen LogP contribution in [0.15, 0.2) is 40.9 Å². The van der Waals surface area contributed by atoms with Crippen LogP contribution in [0.1, 0.15) is 31.9 Å². The first-order chi connectivity index (χ1) is 15.9. The van der Waals surface area contributed by atoms with Gasteiger partial charge >= 0.3 is 6.09 Å². The summed E-state index contributed by atoms with van der Waals surface area (Å²) in [7, 11) is 3.93. The number of likely N-dealkylation sites (N-methyl/N-ethyl adjacent to an activating group) is 1. The largest absolute Gasteiger partial charge is 0.490 e. The molecule has 2 aromatic carbocycles. The molecule has 0 aliphatic carbocycles. The number of fused-ring (bicyclic) bond motifs is 1. The topological polar surface area (TPSA) is 71.1 Å². The molecule has 0 aromatic heterocycles. The molecule has 0 spiro atoms. The summed E-state index contributed by atoms with van der Waals surface area (Å²) in [6, 6.07) is 10.2. The van der Waals surface area contributed by atoms with Crippen LogP contribution in [0.2, 0.25) is 5.02 Å². The lowest BCUT2D eigenvalue weighted by atomic mass is 9.93. The second kappa shape index (κ2) is 11.0. The van der Waals surface area contributed by atoms with Crippen LogP contribution in [0.25, 0.3) is 0 Å². The van der Waals surface area contributed by atoms with Gasteiger partial charge in [0, 0.05) is 22.5 Å². The summed E-state index contributed by atoms with van der Waals surface area (Å²) in [6.45, 7) is 6.86. The highest BCUT2D eigenvalue weighted by Crippen LogP contribution is 2.31. The van der Waals surface area contributed by atoms with Gasteiger partial charge in [-0.05, 0) is 76.3 Å². The Bertz CT molecular complexity index is 1050. The van der Waals surface area contributed by atoms with Crippen molar-refractivity contribution in [2.24, 2.45) is 0 Å². The molecule has 0 bridgehead atoms. The van der Waals surface area contributed by atoms with Crippen LogP contribution in [-0.4, -0.2) is 60.7 Å². The van der Waals surface area contributed by atoms with Gasteiger partial charge in [0.2, 0.25) is 5.91 Å². The number of rotatable bonds is 6. The summed E-state index contributed by atoms with van der Waals surface area (Å²) in [5, 5.41) is 3.55. The van der Waals surface area contributed by atoms with E-state index in [1.54, 1.807) is 32.9 Å². The van der Waals surface area contributed by atoms with Gasteiger partial charge in [0.15, 0.2) is 0 Å². The van der Waals surface area contributed by atoms with Gasteiger partial charge in [0.05, 0.1) is 12.2 Å². The summed E-state index contributed by atoms with van der Waals surface area (Å²) >= 11 is 9.65. The third-order valence-corrected chi connectivity index (χ3v) is 5.96. The number of nitrogens with zero attached hydrogens (tertiary/aromatic N) is 2. The predicted molar refractivity (Wildman–Crippen MR) is 138 cm³/mol. The van der Waals surface area contributed by atoms with Crippen molar-refractivity contribution in [1.82, 2.24) is 9.80 Å². The lowest BCUT2D eigenvalue weighted by molar-refractivity contribution is -0.121. The number of carbonyl (C=O) groups excluding carboxylic acids is 2. The average molecular weight is 553 g/mol. The van der Waals surface area contributed by atoms with Crippen LogP contribution in [0.5, 0.6) is 5.75 Å². The molecule has 2 amide bonds. The summed E-state index contributed by atoms with van der Waals surface area (Å²) in [5.41, 5.74) is 1.73. The molecule has 1 heterocycles. The fourth-order valence-electron chi connectivity index (χ4n) is 3.57. The van der Waals surface area contributed by atoms with Crippen LogP contribution in [0.3, 0.4) is 0 Å². The molecule has 184 valence electrons. The second-order valence-electron chi connectivity index (χ2n) is 9.52. The average Bonchev–Trinajstić information content (AvgIpc) is 2.73. The van der Waals surface area contributed by atoms with Crippen molar-refractivity contribution in [1.29, 1.82) is 0 Å². The smallest absolute Gasteiger partial charge is 0.411 e. The predicted octanol–water partition coefficient (Wildman–Crippen LogP) is 5.34. The SMILES string of the molecule is CN(C)CCOc1cc(Br)ccc1NC(=O)[C@@H]1Cc2cc(Cl)ccc2CN1C(=O)OC(C)(C)C. The Morgan fingerprint density at radius 3 is 2.59 bits per heavy atom. The molecule has 2 aromatic rings. The zero-order valence-corrected chi connectivity index (χ0v) is 22.5. The van der Waals surface area contributed by atoms with Crippen molar-refractivity contribution >= 4 is 45.2 Å². The monoisotopic (exact) mass is 551 g/mol. The minimum absolute atomic E-state index is 0.256. The molecule has 0 unspecified atom stereocenters. The van der Waals surface area contributed by atoms with Crippen molar-refractivity contribution in [3.05, 3.63) is 57.0 Å². The lowest BCUT2D eigenvalue weighted by Crippen LogP contribution is -2.52. The minimum Gasteiger partial charge on any atom is -0.490 e. The Morgan fingerprint density at radius 2 is 1.91 bits per heavy atom. The maximum absolute atomic E-state index is 13.5. The van der Waals surface area contributed by atoms with Crippen LogP contribution >= 0.6 is 27.5 Å². The summed E-state index contributed by atoms with van der Waals surface area (Å²) in [6.07, 6.45) is -0.208. The third-order valence-electron chi connectivity index (χ3n) is 5.23. The maximum Gasteiger partial charge on any atom is 0.411 e. The Kier molecular flexibility index (Phi) is 8.49. The normalized spacial score (nSPS) is 15.6. The highest BCUT2D eigenvalue weighted by molar-refractivity contribution is 9.10. The first kappa shape index (κ1) is 26.3. The first-order valence-corrected chi connectivity index (χ1v) is 12.2. The van der Waals surface area contributed by atoms with Gasteiger partial charge < -0.3 is 19.7 Å². The summed E-state index contributed by atoms with van der Waals surface area (Å²) in [4.78, 5) is 30.0. The zero-order valence-electron chi connectivity index (χ0n) is 20.2. The molecule has 0 saturated heterocycles. The molecule has 1 aliphatic rings. The van der Waals surface area contributed by atoms with Crippen molar-refractivity contribution in [3.8, 4) is 5.75 Å². The zero-order chi connectivity index (χ0) is 25.0. The molecule has 7 nitrogen and oxygen atoms in total. The van der Waals surface area contributed by atoms with Gasteiger partial charge in [-0.15, -0.1) is 0 Å². The van der Waals surface area contributed by atoms with E-state index in [1.165, 1.54) is 4.90 Å². The van der Waals surface area contributed by atoms with Crippen LogP contribution in [-0.2, 0) is 22.5 Å². The number of anilines is 1. The van der Waals surface area contributed by atoms with E-state index in [-0.39, 0.29) is 12.5 Å². The fourth-order valence-corrected chi connectivity index (χ4v) is 4.11. The van der Waals surface area contributed by atoms with Crippen molar-refractivity contribution in [2.75, 3.05) is 32.6 Å². The van der Waals surface area contributed by atoms with E-state index < -0.39 is 17.7 Å². The van der Waals surface area contributed by atoms with E-state index in [4.69, 9.17) is 21.1 Å². The van der Waals surface area contributed by atoms with Crippen molar-refractivity contribution in [3.63, 3.8) is 0 Å². The molecular weight excluding hydrogens is 522 g/mol. The highest BCUT2D eigenvalue weighted by Gasteiger charge is 2.37. The summed E-state index contributed by atoms with van der Waals surface area (Å²) in [5.74, 6) is 0.226. The van der Waals surface area contributed by atoms with Crippen LogP contribution < -0.4 is 10.1 Å². The molecule has 1 N–H and O–H groups in total. The van der Waals surface area contributed by atoms with Crippen LogP contribution in [0, 0.1) is 0 Å². The second-order valence-corrected chi connectivity index (χ2v) is 10.9. The standard InChI is InChI=1S/C25H31BrClN3O4/c1-25(2,3)34-24(32)30-15-16-6-8-19(27)12-17(16)13-21(30)23(31)28-20-9-7-18(26)14-22(20)33-11-10-29(4)5/h6-9,12,14,21H,10-11,13,15H2,1-5H3,(H,28,31)/t21-/m0/s1. The van der Waals surface area contributed by atoms with Gasteiger partial charge in [-0.3, -0.25) is 9.69 Å². The van der Waals surface area contributed by atoms with E-state index in [2.05, 4.69) is 21.2 Å². The Labute approximate surface area is 214 Å². The number of nitrogens with one attached hydrogen (secondary N) is 1. The number of carbonyl (C=O) groups is 2. The molecule has 9 heteroatoms. The number of halogens is 2. The maximum atomic E-state index is 13.5. The molecule has 34 heavy (non-hydrogen) atoms. The number of amides is 2. The lowest BCUT2D eigenvalue weighted by Gasteiger charge is -2.37. The molecule has 0 fully saturated rings. The van der Waals surface area contributed by atoms with Gasteiger partial charge in [-0.2, -0.15) is 0 Å². The quantitative estimate of drug-likeness (QED) is 0.524. The molecule has 3 rings (SSSR count). The Hall–Kier alpha value is -2.29. The highest BCUT2D eigenvalue weighted by atomic mass is 79.9. The van der Waals surface area contributed by atoms with E-state index in [0.717, 1.165) is 22.1 Å². The molecule has 0 saturated carbocycles. The third kappa shape index (κ3) is 7.10. The number of hydrogen-bond acceptors (Lipinski definition) is 5. The Morgan fingerprint density at radius 1 is 1.18 bits per heavy atom. The molecular formula is C25H31BrClN3O4. The molecule has 0 radical (unpaired) electrons. The van der Waals surface area contributed by atoms with E-state index in [9.17, 15) is 9.59 Å². The Balaban J connectivity index is 1.86. The van der Waals surface area contributed by atoms with Crippen LogP contribution in [0.4, 0.5) is 10.5 Å². The van der Waals surface area contributed by atoms with Gasteiger partial charge in [0.25, 0.3) is 0 Å². The van der Waals surface area contributed by atoms with Gasteiger partial charge in [-0.1, -0.05) is 33.6 Å². The fraction of sp³-hybridized carbons (Fsp3) is 0.440. The van der Waals surface area contributed by atoms with E-state index in [0.29, 0.717) is 29.5 Å². The molecule has 1 atom stereocenters. The van der Waals surface area contributed by atoms with E-state index >= 15 is 0 Å². The van der Waals surface area contributed by atoms with Gasteiger partial charge in [0.1, 0.15) is 24.0 Å². The number of benzene rings is 2.